The Balaban J connectivity index is 0.00000400. The third-order valence-electron chi connectivity index (χ3n) is 2.46. The lowest BCUT2D eigenvalue weighted by atomic mass is 10.3. The molecule has 3 N–H and O–H groups in total. The minimum Gasteiger partial charge on any atom is -0.492 e. The van der Waals surface area contributed by atoms with Gasteiger partial charge in [0.1, 0.15) is 12.4 Å². The van der Waals surface area contributed by atoms with Crippen LogP contribution in [0.2, 0.25) is 0 Å². The van der Waals surface area contributed by atoms with Crippen molar-refractivity contribution in [3.63, 3.8) is 0 Å². The second kappa shape index (κ2) is 8.83. The van der Waals surface area contributed by atoms with Crippen LogP contribution in [0.5, 0.6) is 5.75 Å². The van der Waals surface area contributed by atoms with Gasteiger partial charge in [-0.2, -0.15) is 4.31 Å². The first-order valence-electron chi connectivity index (χ1n) is 5.97. The molecule has 0 radical (unpaired) electrons. The number of anilines is 1. The molecule has 0 saturated heterocycles. The van der Waals surface area contributed by atoms with E-state index in [1.807, 2.05) is 0 Å². The Labute approximate surface area is 130 Å². The number of sulfonamides is 1. The van der Waals surface area contributed by atoms with Crippen molar-refractivity contribution < 1.29 is 17.9 Å². The molecule has 1 aromatic carbocycles. The number of ether oxygens (including phenoxy) is 1. The monoisotopic (exact) mass is 337 g/mol. The molecule has 0 saturated carbocycles. The minimum atomic E-state index is -3.37. The summed E-state index contributed by atoms with van der Waals surface area (Å²) >= 11 is 0. The molecule has 9 heteroatoms. The van der Waals surface area contributed by atoms with E-state index < -0.39 is 15.9 Å². The molecular formula is C12H20ClN3O4S. The standard InChI is InChI=1S/C12H19N3O4S.ClH/c1-15(20(2,17)18)9-12(16)14-10-3-5-11(6-4-10)19-8-7-13;/h3-6H,7-9,13H2,1-2H3,(H,14,16);1H. The summed E-state index contributed by atoms with van der Waals surface area (Å²) in [5, 5.41) is 2.60. The first-order chi connectivity index (χ1) is 9.32. The fourth-order valence-corrected chi connectivity index (χ4v) is 1.68. The van der Waals surface area contributed by atoms with Gasteiger partial charge in [-0.1, -0.05) is 0 Å². The van der Waals surface area contributed by atoms with Crippen LogP contribution in [0.1, 0.15) is 0 Å². The molecule has 0 spiro atoms. The van der Waals surface area contributed by atoms with Crippen LogP contribution in [0.3, 0.4) is 0 Å². The largest absolute Gasteiger partial charge is 0.492 e. The van der Waals surface area contributed by atoms with E-state index >= 15 is 0 Å². The van der Waals surface area contributed by atoms with Crippen molar-refractivity contribution in [1.29, 1.82) is 0 Å². The van der Waals surface area contributed by atoms with E-state index in [0.29, 0.717) is 24.6 Å². The van der Waals surface area contributed by atoms with Crippen molar-refractivity contribution in [2.24, 2.45) is 5.73 Å². The lowest BCUT2D eigenvalue weighted by molar-refractivity contribution is -0.116. The summed E-state index contributed by atoms with van der Waals surface area (Å²) in [6.07, 6.45) is 1.05. The second-order valence-corrected chi connectivity index (χ2v) is 6.32. The maximum atomic E-state index is 11.7. The summed E-state index contributed by atoms with van der Waals surface area (Å²) in [7, 11) is -2.02. The van der Waals surface area contributed by atoms with Crippen molar-refractivity contribution in [3.05, 3.63) is 24.3 Å². The van der Waals surface area contributed by atoms with E-state index in [9.17, 15) is 13.2 Å². The lowest BCUT2D eigenvalue weighted by Crippen LogP contribution is -2.34. The number of hydrogen-bond donors (Lipinski definition) is 2. The predicted molar refractivity (Wildman–Crippen MR) is 84.3 cm³/mol. The van der Waals surface area contributed by atoms with Gasteiger partial charge in [-0.15, -0.1) is 12.4 Å². The molecule has 21 heavy (non-hydrogen) atoms. The third-order valence-corrected chi connectivity index (χ3v) is 3.72. The zero-order chi connectivity index (χ0) is 15.2. The Morgan fingerprint density at radius 1 is 1.33 bits per heavy atom. The first kappa shape index (κ1) is 19.7. The normalized spacial score (nSPS) is 10.9. The van der Waals surface area contributed by atoms with Crippen LogP contribution in [-0.2, 0) is 14.8 Å². The number of nitrogens with two attached hydrogens (primary N) is 1. The predicted octanol–water partition coefficient (Wildman–Crippen LogP) is 0.276. The number of carbonyl (C=O) groups excluding carboxylic acids is 1. The summed E-state index contributed by atoms with van der Waals surface area (Å²) in [5.74, 6) is 0.246. The number of nitrogens with one attached hydrogen (secondary N) is 1. The summed E-state index contributed by atoms with van der Waals surface area (Å²) in [6.45, 7) is 0.617. The molecule has 0 bridgehead atoms. The average Bonchev–Trinajstić information content (AvgIpc) is 2.36. The van der Waals surface area contributed by atoms with Gasteiger partial charge in [0.25, 0.3) is 0 Å². The van der Waals surface area contributed by atoms with Crippen LogP contribution in [0.25, 0.3) is 0 Å². The Kier molecular flexibility index (Phi) is 8.26. The molecule has 1 amide bonds. The topological polar surface area (TPSA) is 102 Å². The van der Waals surface area contributed by atoms with Gasteiger partial charge < -0.3 is 15.8 Å². The molecule has 1 aromatic rings. The van der Waals surface area contributed by atoms with Crippen LogP contribution in [0.4, 0.5) is 5.69 Å². The number of rotatable bonds is 7. The molecular weight excluding hydrogens is 318 g/mol. The van der Waals surface area contributed by atoms with E-state index in [0.717, 1.165) is 10.6 Å². The Hall–Kier alpha value is -1.35. The zero-order valence-electron chi connectivity index (χ0n) is 11.9. The molecule has 7 nitrogen and oxygen atoms in total. The molecule has 0 unspecified atom stereocenters. The summed E-state index contributed by atoms with van der Waals surface area (Å²) < 4.78 is 28.6. The number of hydrogen-bond acceptors (Lipinski definition) is 5. The second-order valence-electron chi connectivity index (χ2n) is 4.23. The molecule has 0 atom stereocenters. The van der Waals surface area contributed by atoms with Crippen LogP contribution in [-0.4, -0.2) is 51.6 Å². The van der Waals surface area contributed by atoms with Gasteiger partial charge in [0, 0.05) is 19.3 Å². The van der Waals surface area contributed by atoms with Gasteiger partial charge in [0.2, 0.25) is 15.9 Å². The highest BCUT2D eigenvalue weighted by Gasteiger charge is 2.15. The molecule has 0 aliphatic rings. The quantitative estimate of drug-likeness (QED) is 0.744. The van der Waals surface area contributed by atoms with E-state index in [4.69, 9.17) is 10.5 Å². The Morgan fingerprint density at radius 3 is 2.38 bits per heavy atom. The van der Waals surface area contributed by atoms with Crippen LogP contribution >= 0.6 is 12.4 Å². The van der Waals surface area contributed by atoms with Gasteiger partial charge in [-0.25, -0.2) is 8.42 Å². The number of likely N-dealkylation sites (N-methyl/N-ethyl adjacent to an activating group) is 1. The fourth-order valence-electron chi connectivity index (χ4n) is 1.33. The molecule has 0 aromatic heterocycles. The van der Waals surface area contributed by atoms with Gasteiger partial charge in [0.05, 0.1) is 12.8 Å². The maximum absolute atomic E-state index is 11.7. The van der Waals surface area contributed by atoms with Gasteiger partial charge in [0.15, 0.2) is 0 Å². The number of nitrogens with zero attached hydrogens (tertiary/aromatic N) is 1. The Morgan fingerprint density at radius 2 is 1.90 bits per heavy atom. The van der Waals surface area contributed by atoms with Gasteiger partial charge >= 0.3 is 0 Å². The molecule has 0 aliphatic carbocycles. The number of carbonyl (C=O) groups is 1. The van der Waals surface area contributed by atoms with Crippen LogP contribution in [0.15, 0.2) is 24.3 Å². The van der Waals surface area contributed by atoms with Crippen molar-refractivity contribution in [3.8, 4) is 5.75 Å². The van der Waals surface area contributed by atoms with E-state index in [1.165, 1.54) is 7.05 Å². The summed E-state index contributed by atoms with van der Waals surface area (Å²) in [5.41, 5.74) is 5.88. The van der Waals surface area contributed by atoms with Crippen molar-refractivity contribution in [1.82, 2.24) is 4.31 Å². The molecule has 0 aliphatic heterocycles. The van der Waals surface area contributed by atoms with Gasteiger partial charge in [-0.3, -0.25) is 4.79 Å². The average molecular weight is 338 g/mol. The number of halogens is 1. The summed E-state index contributed by atoms with van der Waals surface area (Å²) in [6, 6.07) is 6.74. The van der Waals surface area contributed by atoms with Crippen LogP contribution < -0.4 is 15.8 Å². The molecule has 0 heterocycles. The van der Waals surface area contributed by atoms with E-state index in [1.54, 1.807) is 24.3 Å². The summed E-state index contributed by atoms with van der Waals surface area (Å²) in [4.78, 5) is 11.7. The molecule has 120 valence electrons. The van der Waals surface area contributed by atoms with E-state index in [2.05, 4.69) is 5.32 Å². The van der Waals surface area contributed by atoms with Crippen molar-refractivity contribution >= 4 is 34.0 Å². The number of benzene rings is 1. The van der Waals surface area contributed by atoms with Gasteiger partial charge in [-0.05, 0) is 24.3 Å². The molecule has 1 rings (SSSR count). The fraction of sp³-hybridized carbons (Fsp3) is 0.417. The Bertz CT molecular complexity index is 548. The van der Waals surface area contributed by atoms with Crippen LogP contribution in [0, 0.1) is 0 Å². The number of amides is 1. The SMILES string of the molecule is CN(CC(=O)Nc1ccc(OCCN)cc1)S(C)(=O)=O.Cl. The highest BCUT2D eigenvalue weighted by atomic mass is 35.5. The van der Waals surface area contributed by atoms with Crippen molar-refractivity contribution in [2.45, 2.75) is 0 Å². The third kappa shape index (κ3) is 7.28. The minimum absolute atomic E-state index is 0. The zero-order valence-corrected chi connectivity index (χ0v) is 13.5. The highest BCUT2D eigenvalue weighted by Crippen LogP contribution is 2.15. The maximum Gasteiger partial charge on any atom is 0.239 e. The highest BCUT2D eigenvalue weighted by molar-refractivity contribution is 7.88. The lowest BCUT2D eigenvalue weighted by Gasteiger charge is -2.13. The van der Waals surface area contributed by atoms with Crippen molar-refractivity contribution in [2.75, 3.05) is 38.3 Å². The first-order valence-corrected chi connectivity index (χ1v) is 7.82. The molecule has 0 fully saturated rings. The smallest absolute Gasteiger partial charge is 0.239 e. The van der Waals surface area contributed by atoms with E-state index in [-0.39, 0.29) is 19.0 Å².